The second kappa shape index (κ2) is 65.6. The van der Waals surface area contributed by atoms with Crippen LogP contribution in [0.2, 0.25) is 0 Å². The van der Waals surface area contributed by atoms with Crippen molar-refractivity contribution in [3.05, 3.63) is 60.8 Å². The standard InChI is InChI=1S/C71H128O6/c1-4-7-10-13-16-19-22-25-28-29-30-31-32-33-34-35-36-37-38-39-40-41-44-46-49-52-55-58-61-64-70(73)76-67-68(77-71(74)65-62-59-56-53-50-47-43-27-24-21-18-15-12-9-6-3)66-75-69(72)63-60-57-54-51-48-45-42-26-23-20-17-14-11-8-5-2/h17-18,20-21,26-27,29-30,42-43,68H,4-16,19,22-25,28,31-41,44-67H2,1-3H3/b20-17-,21-18-,30-29-,42-26-,43-27-. The number of ether oxygens (including phenoxy) is 3. The zero-order valence-electron chi connectivity index (χ0n) is 51.5. The van der Waals surface area contributed by atoms with E-state index in [1.807, 2.05) is 0 Å². The van der Waals surface area contributed by atoms with Crippen molar-refractivity contribution < 1.29 is 28.6 Å². The van der Waals surface area contributed by atoms with Gasteiger partial charge in [0.1, 0.15) is 13.2 Å². The second-order valence-corrected chi connectivity index (χ2v) is 22.7. The van der Waals surface area contributed by atoms with Gasteiger partial charge in [0.15, 0.2) is 6.10 Å². The van der Waals surface area contributed by atoms with Gasteiger partial charge in [-0.3, -0.25) is 14.4 Å². The zero-order chi connectivity index (χ0) is 55.7. The van der Waals surface area contributed by atoms with Gasteiger partial charge >= 0.3 is 17.9 Å². The van der Waals surface area contributed by atoms with Crippen LogP contribution in [0.15, 0.2) is 60.8 Å². The third kappa shape index (κ3) is 63.8. The minimum absolute atomic E-state index is 0.0819. The number of carbonyl (C=O) groups is 3. The molecule has 0 rings (SSSR count). The topological polar surface area (TPSA) is 78.9 Å². The van der Waals surface area contributed by atoms with Gasteiger partial charge in [0, 0.05) is 19.3 Å². The lowest BCUT2D eigenvalue weighted by Gasteiger charge is -2.18. The van der Waals surface area contributed by atoms with Crippen LogP contribution in [0.3, 0.4) is 0 Å². The Morgan fingerprint density at radius 3 is 0.753 bits per heavy atom. The van der Waals surface area contributed by atoms with E-state index in [9.17, 15) is 14.4 Å². The van der Waals surface area contributed by atoms with Gasteiger partial charge < -0.3 is 14.2 Å². The van der Waals surface area contributed by atoms with Gasteiger partial charge in [0.05, 0.1) is 0 Å². The van der Waals surface area contributed by atoms with Gasteiger partial charge in [-0.05, 0) is 109 Å². The molecule has 0 aromatic carbocycles. The van der Waals surface area contributed by atoms with Gasteiger partial charge in [-0.25, -0.2) is 0 Å². The highest BCUT2D eigenvalue weighted by atomic mass is 16.6. The highest BCUT2D eigenvalue weighted by molar-refractivity contribution is 5.71. The molecule has 6 nitrogen and oxygen atoms in total. The van der Waals surface area contributed by atoms with Crippen LogP contribution in [0, 0.1) is 0 Å². The summed E-state index contributed by atoms with van der Waals surface area (Å²) in [6, 6.07) is 0. The number of allylic oxidation sites excluding steroid dienone is 10. The Hall–Kier alpha value is -2.89. The average molecular weight is 1080 g/mol. The van der Waals surface area contributed by atoms with Crippen molar-refractivity contribution in [1.29, 1.82) is 0 Å². The summed E-state index contributed by atoms with van der Waals surface area (Å²) in [5.41, 5.74) is 0. The maximum atomic E-state index is 12.9. The molecule has 0 bridgehead atoms. The van der Waals surface area contributed by atoms with Crippen LogP contribution >= 0.6 is 0 Å². The maximum absolute atomic E-state index is 12.9. The average Bonchev–Trinajstić information content (AvgIpc) is 3.43. The molecule has 0 saturated heterocycles. The van der Waals surface area contributed by atoms with E-state index in [-0.39, 0.29) is 31.1 Å². The van der Waals surface area contributed by atoms with Crippen LogP contribution < -0.4 is 0 Å². The van der Waals surface area contributed by atoms with Gasteiger partial charge in [0.2, 0.25) is 0 Å². The molecule has 0 N–H and O–H groups in total. The van der Waals surface area contributed by atoms with E-state index in [1.165, 1.54) is 212 Å². The van der Waals surface area contributed by atoms with Crippen molar-refractivity contribution in [3.8, 4) is 0 Å². The number of carbonyl (C=O) groups excluding carboxylic acids is 3. The number of hydrogen-bond acceptors (Lipinski definition) is 6. The van der Waals surface area contributed by atoms with Crippen molar-refractivity contribution in [3.63, 3.8) is 0 Å². The molecule has 448 valence electrons. The summed E-state index contributed by atoms with van der Waals surface area (Å²) in [4.78, 5) is 38.3. The molecule has 0 heterocycles. The highest BCUT2D eigenvalue weighted by Crippen LogP contribution is 2.17. The lowest BCUT2D eigenvalue weighted by molar-refractivity contribution is -0.167. The summed E-state index contributed by atoms with van der Waals surface area (Å²) >= 11 is 0. The predicted molar refractivity (Wildman–Crippen MR) is 335 cm³/mol. The molecule has 0 amide bonds. The number of unbranched alkanes of at least 4 members (excludes halogenated alkanes) is 41. The Bertz CT molecular complexity index is 1380. The summed E-state index contributed by atoms with van der Waals surface area (Å²) in [6.07, 6.45) is 83.9. The molecule has 1 atom stereocenters. The SMILES string of the molecule is CCCCC/C=C\C/C=C\CCCCCCCC(=O)OCC(COC(=O)CCCCCCCCCCCCCCCCCCC/C=C\CCCCCCCCCC)OC(=O)CCCCCCC/C=C\C/C=C\CCCCC. The molecular formula is C71H128O6. The van der Waals surface area contributed by atoms with E-state index in [2.05, 4.69) is 81.5 Å². The van der Waals surface area contributed by atoms with E-state index in [0.29, 0.717) is 19.3 Å². The van der Waals surface area contributed by atoms with Crippen LogP contribution in [0.25, 0.3) is 0 Å². The number of rotatable bonds is 62. The first kappa shape index (κ1) is 74.1. The number of esters is 3. The summed E-state index contributed by atoms with van der Waals surface area (Å²) < 4.78 is 16.9. The second-order valence-electron chi connectivity index (χ2n) is 22.7. The lowest BCUT2D eigenvalue weighted by atomic mass is 10.0. The third-order valence-corrected chi connectivity index (χ3v) is 15.0. The van der Waals surface area contributed by atoms with E-state index < -0.39 is 6.10 Å². The minimum atomic E-state index is -0.787. The molecule has 0 radical (unpaired) electrons. The van der Waals surface area contributed by atoms with E-state index >= 15 is 0 Å². The van der Waals surface area contributed by atoms with Gasteiger partial charge in [-0.1, -0.05) is 287 Å². The van der Waals surface area contributed by atoms with Crippen molar-refractivity contribution in [2.24, 2.45) is 0 Å². The molecule has 0 fully saturated rings. The molecular weight excluding hydrogens is 949 g/mol. The van der Waals surface area contributed by atoms with E-state index in [0.717, 1.165) is 103 Å². The van der Waals surface area contributed by atoms with Crippen molar-refractivity contribution in [1.82, 2.24) is 0 Å². The Balaban J connectivity index is 4.21. The van der Waals surface area contributed by atoms with Crippen molar-refractivity contribution >= 4 is 17.9 Å². The molecule has 0 aromatic rings. The zero-order valence-corrected chi connectivity index (χ0v) is 51.5. The minimum Gasteiger partial charge on any atom is -0.462 e. The maximum Gasteiger partial charge on any atom is 0.306 e. The highest BCUT2D eigenvalue weighted by Gasteiger charge is 2.19. The molecule has 1 unspecified atom stereocenters. The summed E-state index contributed by atoms with van der Waals surface area (Å²) in [6.45, 7) is 6.61. The largest absolute Gasteiger partial charge is 0.462 e. The van der Waals surface area contributed by atoms with Crippen molar-refractivity contribution in [2.45, 2.75) is 361 Å². The van der Waals surface area contributed by atoms with E-state index in [4.69, 9.17) is 14.2 Å². The van der Waals surface area contributed by atoms with Crippen LogP contribution in [0.4, 0.5) is 0 Å². The Morgan fingerprint density at radius 2 is 0.468 bits per heavy atom. The molecule has 6 heteroatoms. The molecule has 0 aliphatic carbocycles. The van der Waals surface area contributed by atoms with E-state index in [1.54, 1.807) is 0 Å². The van der Waals surface area contributed by atoms with Crippen LogP contribution in [0.5, 0.6) is 0 Å². The van der Waals surface area contributed by atoms with Gasteiger partial charge in [-0.15, -0.1) is 0 Å². The molecule has 0 aliphatic heterocycles. The Kier molecular flexibility index (Phi) is 63.2. The first-order chi connectivity index (χ1) is 38.0. The Morgan fingerprint density at radius 1 is 0.260 bits per heavy atom. The summed E-state index contributed by atoms with van der Waals surface area (Å²) in [5.74, 6) is -0.892. The van der Waals surface area contributed by atoms with Crippen LogP contribution in [0.1, 0.15) is 355 Å². The molecule has 0 aliphatic rings. The Labute approximate surface area is 479 Å². The smallest absolute Gasteiger partial charge is 0.306 e. The van der Waals surface area contributed by atoms with Crippen molar-refractivity contribution in [2.75, 3.05) is 13.2 Å². The molecule has 0 aromatic heterocycles. The fourth-order valence-electron chi connectivity index (χ4n) is 9.85. The molecule has 0 spiro atoms. The van der Waals surface area contributed by atoms with Crippen LogP contribution in [-0.2, 0) is 28.6 Å². The quantitative estimate of drug-likeness (QED) is 0.0261. The van der Waals surface area contributed by atoms with Crippen LogP contribution in [-0.4, -0.2) is 37.2 Å². The predicted octanol–water partition coefficient (Wildman–Crippen LogP) is 23.1. The fraction of sp³-hybridized carbons (Fsp3) is 0.817. The summed E-state index contributed by atoms with van der Waals surface area (Å²) in [7, 11) is 0. The first-order valence-corrected chi connectivity index (χ1v) is 33.8. The summed E-state index contributed by atoms with van der Waals surface area (Å²) in [5, 5.41) is 0. The third-order valence-electron chi connectivity index (χ3n) is 15.0. The molecule has 0 saturated carbocycles. The normalized spacial score (nSPS) is 12.4. The number of hydrogen-bond donors (Lipinski definition) is 0. The van der Waals surface area contributed by atoms with Gasteiger partial charge in [-0.2, -0.15) is 0 Å². The fourth-order valence-corrected chi connectivity index (χ4v) is 9.85. The van der Waals surface area contributed by atoms with Gasteiger partial charge in [0.25, 0.3) is 0 Å². The first-order valence-electron chi connectivity index (χ1n) is 33.8. The lowest BCUT2D eigenvalue weighted by Crippen LogP contribution is -2.30. The molecule has 77 heavy (non-hydrogen) atoms. The monoisotopic (exact) mass is 1080 g/mol.